The van der Waals surface area contributed by atoms with Crippen molar-refractivity contribution in [2.45, 2.75) is 52.0 Å². The molecule has 1 saturated heterocycles. The number of aromatic amines is 1. The van der Waals surface area contributed by atoms with E-state index in [-0.39, 0.29) is 11.9 Å². The molecule has 0 radical (unpaired) electrons. The number of carbonyl (C=O) groups excluding carboxylic acids is 1. The van der Waals surface area contributed by atoms with Gasteiger partial charge in [0.05, 0.1) is 11.4 Å². The highest BCUT2D eigenvalue weighted by Crippen LogP contribution is 2.33. The molecule has 1 unspecified atom stereocenters. The van der Waals surface area contributed by atoms with E-state index >= 15 is 0 Å². The molecule has 0 aromatic carbocycles. The van der Waals surface area contributed by atoms with Gasteiger partial charge in [0.2, 0.25) is 11.9 Å². The SMILES string of the molecule is CCN(CC)C(=O)C1CCCN1c1nc2c(c(Nc3cc(-c4ccncc4)[nH]n3)n1)CCC2. The van der Waals surface area contributed by atoms with E-state index in [1.807, 2.05) is 36.9 Å². The average molecular weight is 447 g/mol. The van der Waals surface area contributed by atoms with E-state index in [4.69, 9.17) is 9.97 Å². The van der Waals surface area contributed by atoms with Crippen molar-refractivity contribution in [2.24, 2.45) is 0 Å². The first-order valence-corrected chi connectivity index (χ1v) is 11.9. The van der Waals surface area contributed by atoms with Gasteiger partial charge in [-0.2, -0.15) is 10.1 Å². The molecule has 3 aromatic heterocycles. The van der Waals surface area contributed by atoms with Crippen LogP contribution in [0.2, 0.25) is 0 Å². The molecule has 1 atom stereocenters. The van der Waals surface area contributed by atoms with Crippen LogP contribution in [0.25, 0.3) is 11.3 Å². The quantitative estimate of drug-likeness (QED) is 0.574. The Morgan fingerprint density at radius 2 is 2.00 bits per heavy atom. The minimum Gasteiger partial charge on any atom is -0.341 e. The second-order valence-corrected chi connectivity index (χ2v) is 8.54. The second-order valence-electron chi connectivity index (χ2n) is 8.54. The molecule has 4 heterocycles. The van der Waals surface area contributed by atoms with Gasteiger partial charge in [0.15, 0.2) is 5.82 Å². The zero-order valence-corrected chi connectivity index (χ0v) is 19.2. The first-order valence-electron chi connectivity index (χ1n) is 11.9. The summed E-state index contributed by atoms with van der Waals surface area (Å²) in [6.45, 7) is 6.29. The van der Waals surface area contributed by atoms with Crippen LogP contribution in [-0.2, 0) is 17.6 Å². The van der Waals surface area contributed by atoms with Gasteiger partial charge >= 0.3 is 0 Å². The van der Waals surface area contributed by atoms with E-state index in [0.29, 0.717) is 11.8 Å². The Bertz CT molecular complexity index is 1120. The van der Waals surface area contributed by atoms with Crippen molar-refractivity contribution in [3.63, 3.8) is 0 Å². The van der Waals surface area contributed by atoms with Crippen LogP contribution in [0.5, 0.6) is 0 Å². The van der Waals surface area contributed by atoms with Crippen LogP contribution >= 0.6 is 0 Å². The number of H-pyrrole nitrogens is 1. The molecule has 0 bridgehead atoms. The molecular formula is C24H30N8O. The monoisotopic (exact) mass is 446 g/mol. The lowest BCUT2D eigenvalue weighted by atomic mass is 10.2. The number of nitrogens with one attached hydrogen (secondary N) is 2. The van der Waals surface area contributed by atoms with Crippen LogP contribution in [0, 0.1) is 0 Å². The molecule has 1 amide bonds. The van der Waals surface area contributed by atoms with Crippen molar-refractivity contribution in [3.8, 4) is 11.3 Å². The molecule has 2 aliphatic rings. The Labute approximate surface area is 193 Å². The first kappa shape index (κ1) is 21.4. The summed E-state index contributed by atoms with van der Waals surface area (Å²) in [4.78, 5) is 31.0. The minimum atomic E-state index is -0.194. The Morgan fingerprint density at radius 1 is 1.18 bits per heavy atom. The van der Waals surface area contributed by atoms with E-state index in [1.54, 1.807) is 12.4 Å². The Hall–Kier alpha value is -3.49. The van der Waals surface area contributed by atoms with Gasteiger partial charge in [-0.05, 0) is 58.1 Å². The van der Waals surface area contributed by atoms with Crippen LogP contribution in [0.4, 0.5) is 17.6 Å². The number of pyridine rings is 1. The molecule has 9 heteroatoms. The molecule has 0 saturated carbocycles. The number of amides is 1. The van der Waals surface area contributed by atoms with Gasteiger partial charge < -0.3 is 15.1 Å². The van der Waals surface area contributed by atoms with E-state index in [0.717, 1.165) is 80.1 Å². The highest BCUT2D eigenvalue weighted by atomic mass is 16.2. The van der Waals surface area contributed by atoms with Gasteiger partial charge in [-0.1, -0.05) is 0 Å². The standard InChI is InChI=1S/C24H30N8O/c1-3-31(4-2)23(33)20-9-6-14-32(20)24-26-18-8-5-7-17(18)22(28-24)27-21-15-19(29-30-21)16-10-12-25-13-11-16/h10-13,15,20H,3-9,14H2,1-2H3,(H2,26,27,28,29,30). The summed E-state index contributed by atoms with van der Waals surface area (Å²) >= 11 is 0. The van der Waals surface area contributed by atoms with Crippen LogP contribution < -0.4 is 10.2 Å². The van der Waals surface area contributed by atoms with Crippen LogP contribution in [-0.4, -0.2) is 61.6 Å². The average Bonchev–Trinajstić information content (AvgIpc) is 3.60. The lowest BCUT2D eigenvalue weighted by Gasteiger charge is -2.29. The summed E-state index contributed by atoms with van der Waals surface area (Å²) in [5.74, 6) is 2.32. The Balaban J connectivity index is 1.43. The number of carbonyl (C=O) groups is 1. The summed E-state index contributed by atoms with van der Waals surface area (Å²) in [5, 5.41) is 10.9. The van der Waals surface area contributed by atoms with Crippen molar-refractivity contribution in [1.29, 1.82) is 0 Å². The number of hydrogen-bond acceptors (Lipinski definition) is 7. The minimum absolute atomic E-state index is 0.172. The third-order valence-electron chi connectivity index (χ3n) is 6.61. The molecule has 0 spiro atoms. The van der Waals surface area contributed by atoms with Gasteiger partial charge in [-0.15, -0.1) is 0 Å². The number of aryl methyl sites for hydroxylation is 1. The molecular weight excluding hydrogens is 416 g/mol. The molecule has 172 valence electrons. The molecule has 1 fully saturated rings. The fourth-order valence-corrected chi connectivity index (χ4v) is 4.85. The first-order chi connectivity index (χ1) is 16.2. The number of fused-ring (bicyclic) bond motifs is 1. The summed E-state index contributed by atoms with van der Waals surface area (Å²) in [5.41, 5.74) is 4.16. The summed E-state index contributed by atoms with van der Waals surface area (Å²) in [6.07, 6.45) is 8.28. The third-order valence-corrected chi connectivity index (χ3v) is 6.61. The predicted molar refractivity (Wildman–Crippen MR) is 127 cm³/mol. The number of nitrogens with zero attached hydrogens (tertiary/aromatic N) is 6. The predicted octanol–water partition coefficient (Wildman–Crippen LogP) is 3.33. The largest absolute Gasteiger partial charge is 0.341 e. The molecule has 5 rings (SSSR count). The zero-order chi connectivity index (χ0) is 22.8. The van der Waals surface area contributed by atoms with Crippen molar-refractivity contribution in [1.82, 2.24) is 30.0 Å². The van der Waals surface area contributed by atoms with Crippen molar-refractivity contribution in [2.75, 3.05) is 29.9 Å². The van der Waals surface area contributed by atoms with Crippen molar-refractivity contribution >= 4 is 23.5 Å². The maximum atomic E-state index is 13.1. The van der Waals surface area contributed by atoms with Crippen molar-refractivity contribution < 1.29 is 4.79 Å². The van der Waals surface area contributed by atoms with Gasteiger partial charge in [0, 0.05) is 49.2 Å². The molecule has 33 heavy (non-hydrogen) atoms. The van der Waals surface area contributed by atoms with Gasteiger partial charge in [0.25, 0.3) is 0 Å². The van der Waals surface area contributed by atoms with E-state index < -0.39 is 0 Å². The lowest BCUT2D eigenvalue weighted by molar-refractivity contribution is -0.132. The molecule has 9 nitrogen and oxygen atoms in total. The van der Waals surface area contributed by atoms with Crippen LogP contribution in [0.1, 0.15) is 44.4 Å². The van der Waals surface area contributed by atoms with Crippen LogP contribution in [0.15, 0.2) is 30.6 Å². The highest BCUT2D eigenvalue weighted by molar-refractivity contribution is 5.85. The van der Waals surface area contributed by atoms with Crippen LogP contribution in [0.3, 0.4) is 0 Å². The fourth-order valence-electron chi connectivity index (χ4n) is 4.85. The highest BCUT2D eigenvalue weighted by Gasteiger charge is 2.35. The Kier molecular flexibility index (Phi) is 5.93. The van der Waals surface area contributed by atoms with Gasteiger partial charge in [-0.25, -0.2) is 4.98 Å². The zero-order valence-electron chi connectivity index (χ0n) is 19.2. The topological polar surface area (TPSA) is 103 Å². The molecule has 2 N–H and O–H groups in total. The summed E-state index contributed by atoms with van der Waals surface area (Å²) in [7, 11) is 0. The lowest BCUT2D eigenvalue weighted by Crippen LogP contribution is -2.46. The molecule has 1 aliphatic carbocycles. The van der Waals surface area contributed by atoms with Gasteiger partial charge in [0.1, 0.15) is 11.9 Å². The maximum Gasteiger partial charge on any atom is 0.245 e. The van der Waals surface area contributed by atoms with Gasteiger partial charge in [-0.3, -0.25) is 14.9 Å². The van der Waals surface area contributed by atoms with Crippen molar-refractivity contribution in [3.05, 3.63) is 41.9 Å². The summed E-state index contributed by atoms with van der Waals surface area (Å²) < 4.78 is 0. The number of hydrogen-bond donors (Lipinski definition) is 2. The molecule has 1 aliphatic heterocycles. The summed E-state index contributed by atoms with van der Waals surface area (Å²) in [6, 6.07) is 5.66. The third kappa shape index (κ3) is 4.15. The van der Waals surface area contributed by atoms with E-state index in [9.17, 15) is 4.79 Å². The van der Waals surface area contributed by atoms with E-state index in [1.165, 1.54) is 0 Å². The Morgan fingerprint density at radius 3 is 2.79 bits per heavy atom. The fraction of sp³-hybridized carbons (Fsp3) is 0.458. The number of rotatable bonds is 7. The molecule has 3 aromatic rings. The number of aromatic nitrogens is 5. The van der Waals surface area contributed by atoms with E-state index in [2.05, 4.69) is 25.4 Å². The maximum absolute atomic E-state index is 13.1. The normalized spacial score (nSPS) is 17.3. The number of anilines is 3. The number of likely N-dealkylation sites (N-methyl/N-ethyl adjacent to an activating group) is 1. The smallest absolute Gasteiger partial charge is 0.245 e. The second kappa shape index (κ2) is 9.17.